The van der Waals surface area contributed by atoms with Gasteiger partial charge < -0.3 is 15.4 Å². The predicted molar refractivity (Wildman–Crippen MR) is 132 cm³/mol. The first kappa shape index (κ1) is 23.8. The fraction of sp³-hybridized carbons (Fsp3) is 0.360. The zero-order chi connectivity index (χ0) is 23.9. The third kappa shape index (κ3) is 6.61. The first-order valence-corrected chi connectivity index (χ1v) is 12.2. The average Bonchev–Trinajstić information content (AvgIpc) is 3.26. The number of hydrogen-bond donors (Lipinski definition) is 2. The summed E-state index contributed by atoms with van der Waals surface area (Å²) in [6.07, 6.45) is 3.86. The number of ether oxygens (including phenoxy) is 1. The van der Waals surface area contributed by atoms with E-state index in [4.69, 9.17) is 4.74 Å². The van der Waals surface area contributed by atoms with Crippen LogP contribution in [0.2, 0.25) is 0 Å². The quantitative estimate of drug-likeness (QED) is 0.514. The molecule has 1 aliphatic heterocycles. The van der Waals surface area contributed by atoms with Crippen molar-refractivity contribution in [1.82, 2.24) is 20.2 Å². The van der Waals surface area contributed by atoms with E-state index in [1.807, 2.05) is 36.6 Å². The number of likely N-dealkylation sites (tertiary alicyclic amines) is 1. The molecule has 1 saturated heterocycles. The van der Waals surface area contributed by atoms with Crippen molar-refractivity contribution in [2.24, 2.45) is 0 Å². The Bertz CT molecular complexity index is 1130. The zero-order valence-corrected chi connectivity index (χ0v) is 20.2. The number of thiazole rings is 1. The summed E-state index contributed by atoms with van der Waals surface area (Å²) in [7, 11) is 1.58. The molecule has 178 valence electrons. The number of nitrogens with zero attached hydrogens (tertiary/aromatic N) is 3. The number of carbonyl (C=O) groups excluding carboxylic acids is 2. The van der Waals surface area contributed by atoms with Crippen molar-refractivity contribution in [2.45, 2.75) is 38.8 Å². The van der Waals surface area contributed by atoms with Crippen LogP contribution < -0.4 is 15.4 Å². The summed E-state index contributed by atoms with van der Waals surface area (Å²) >= 11 is 1.51. The van der Waals surface area contributed by atoms with Crippen molar-refractivity contribution in [3.63, 3.8) is 0 Å². The van der Waals surface area contributed by atoms with Gasteiger partial charge >= 0.3 is 0 Å². The maximum absolute atomic E-state index is 12.4. The monoisotopic (exact) mass is 479 g/mol. The fourth-order valence-electron chi connectivity index (χ4n) is 3.89. The van der Waals surface area contributed by atoms with Gasteiger partial charge in [-0.25, -0.2) is 4.98 Å². The summed E-state index contributed by atoms with van der Waals surface area (Å²) in [6.45, 7) is 4.48. The molecule has 8 nitrogen and oxygen atoms in total. The number of rotatable bonds is 8. The van der Waals surface area contributed by atoms with Crippen LogP contribution in [0.15, 0.2) is 48.0 Å². The summed E-state index contributed by atoms with van der Waals surface area (Å²) in [5.74, 6) is 0.350. The topological polar surface area (TPSA) is 96.5 Å². The van der Waals surface area contributed by atoms with Gasteiger partial charge in [-0.15, -0.1) is 11.3 Å². The van der Waals surface area contributed by atoms with Crippen molar-refractivity contribution in [2.75, 3.05) is 25.5 Å². The lowest BCUT2D eigenvalue weighted by atomic mass is 10.1. The van der Waals surface area contributed by atoms with E-state index in [1.54, 1.807) is 25.4 Å². The van der Waals surface area contributed by atoms with Crippen LogP contribution in [0.4, 0.5) is 5.69 Å². The second-order valence-electron chi connectivity index (χ2n) is 8.40. The number of piperidine rings is 1. The minimum atomic E-state index is -0.234. The second-order valence-corrected chi connectivity index (χ2v) is 9.34. The lowest BCUT2D eigenvalue weighted by Gasteiger charge is -2.32. The van der Waals surface area contributed by atoms with E-state index in [0.717, 1.165) is 54.4 Å². The molecule has 9 heteroatoms. The molecule has 2 aromatic heterocycles. The van der Waals surface area contributed by atoms with Crippen molar-refractivity contribution in [3.05, 3.63) is 69.9 Å². The molecule has 3 heterocycles. The number of benzene rings is 1. The number of hydrogen-bond acceptors (Lipinski definition) is 7. The number of carbonyl (C=O) groups is 2. The molecule has 2 amide bonds. The first-order valence-electron chi connectivity index (χ1n) is 11.4. The summed E-state index contributed by atoms with van der Waals surface area (Å²) in [4.78, 5) is 35.3. The summed E-state index contributed by atoms with van der Waals surface area (Å²) in [6, 6.07) is 11.2. The van der Waals surface area contributed by atoms with E-state index in [9.17, 15) is 9.59 Å². The Hall–Kier alpha value is -3.30. The van der Waals surface area contributed by atoms with Crippen LogP contribution in [-0.2, 0) is 17.8 Å². The molecule has 34 heavy (non-hydrogen) atoms. The molecule has 1 aromatic carbocycles. The number of amides is 2. The van der Waals surface area contributed by atoms with E-state index in [0.29, 0.717) is 11.4 Å². The lowest BCUT2D eigenvalue weighted by Crippen LogP contribution is -2.40. The number of aromatic nitrogens is 2. The Morgan fingerprint density at radius 1 is 1.24 bits per heavy atom. The molecule has 1 unspecified atom stereocenters. The molecule has 4 rings (SSSR count). The Kier molecular flexibility index (Phi) is 7.87. The SMILES string of the molecule is CNC(=O)c1cc(OC2CCCN(Cc3csc(CC(=O)Nc4ccc(C)cc4)n3)C2)ccn1. The molecule has 2 N–H and O–H groups in total. The summed E-state index contributed by atoms with van der Waals surface area (Å²) in [5, 5.41) is 8.33. The largest absolute Gasteiger partial charge is 0.489 e. The van der Waals surface area contributed by atoms with Crippen LogP contribution >= 0.6 is 11.3 Å². The molecule has 0 aliphatic carbocycles. The molecule has 1 fully saturated rings. The van der Waals surface area contributed by atoms with Gasteiger partial charge in [-0.05, 0) is 44.5 Å². The van der Waals surface area contributed by atoms with Gasteiger partial charge in [-0.2, -0.15) is 0 Å². The van der Waals surface area contributed by atoms with Crippen molar-refractivity contribution < 1.29 is 14.3 Å². The third-order valence-corrected chi connectivity index (χ3v) is 6.49. The van der Waals surface area contributed by atoms with Gasteiger partial charge in [0.15, 0.2) is 0 Å². The van der Waals surface area contributed by atoms with Crippen LogP contribution in [0.25, 0.3) is 0 Å². The normalized spacial score (nSPS) is 16.1. The molecule has 0 bridgehead atoms. The molecule has 0 radical (unpaired) electrons. The standard InChI is InChI=1S/C25H29N5O3S/c1-17-5-7-18(8-6-17)28-23(31)13-24-29-19(16-34-24)14-30-11-3-4-21(15-30)33-20-9-10-27-22(12-20)25(32)26-2/h5-10,12,16,21H,3-4,11,13-15H2,1-2H3,(H,26,32)(H,28,31). The maximum atomic E-state index is 12.4. The van der Waals surface area contributed by atoms with E-state index in [2.05, 4.69) is 25.5 Å². The fourth-order valence-corrected chi connectivity index (χ4v) is 4.68. The smallest absolute Gasteiger partial charge is 0.269 e. The predicted octanol–water partition coefficient (Wildman–Crippen LogP) is 3.43. The molecule has 0 saturated carbocycles. The molecule has 0 spiro atoms. The van der Waals surface area contributed by atoms with Crippen molar-refractivity contribution in [3.8, 4) is 5.75 Å². The van der Waals surface area contributed by atoms with Crippen molar-refractivity contribution >= 4 is 28.8 Å². The number of aryl methyl sites for hydroxylation is 1. The van der Waals surface area contributed by atoms with Gasteiger partial charge in [0, 0.05) is 43.5 Å². The number of anilines is 1. The van der Waals surface area contributed by atoms with E-state index in [1.165, 1.54) is 11.3 Å². The van der Waals surface area contributed by atoms with E-state index < -0.39 is 0 Å². The first-order chi connectivity index (χ1) is 16.5. The van der Waals surface area contributed by atoms with Crippen LogP contribution in [0.3, 0.4) is 0 Å². The molecular formula is C25H29N5O3S. The highest BCUT2D eigenvalue weighted by Gasteiger charge is 2.23. The molecular weight excluding hydrogens is 450 g/mol. The second kappa shape index (κ2) is 11.2. The van der Waals surface area contributed by atoms with Crippen LogP contribution in [0.1, 0.15) is 39.6 Å². The minimum absolute atomic E-state index is 0.0343. The van der Waals surface area contributed by atoms with Crippen LogP contribution in [0, 0.1) is 6.92 Å². The Morgan fingerprint density at radius 2 is 2.06 bits per heavy atom. The highest BCUT2D eigenvalue weighted by atomic mass is 32.1. The lowest BCUT2D eigenvalue weighted by molar-refractivity contribution is -0.115. The Morgan fingerprint density at radius 3 is 2.85 bits per heavy atom. The number of pyridine rings is 1. The van der Waals surface area contributed by atoms with Gasteiger partial charge in [0.2, 0.25) is 5.91 Å². The molecule has 1 aliphatic rings. The summed E-state index contributed by atoms with van der Waals surface area (Å²) < 4.78 is 6.15. The average molecular weight is 480 g/mol. The van der Waals surface area contributed by atoms with Gasteiger partial charge in [0.1, 0.15) is 22.6 Å². The number of nitrogens with one attached hydrogen (secondary N) is 2. The van der Waals surface area contributed by atoms with E-state index in [-0.39, 0.29) is 24.3 Å². The Labute approximate surface area is 203 Å². The highest BCUT2D eigenvalue weighted by molar-refractivity contribution is 7.09. The molecule has 3 aromatic rings. The van der Waals surface area contributed by atoms with Crippen LogP contribution in [-0.4, -0.2) is 52.9 Å². The van der Waals surface area contributed by atoms with Gasteiger partial charge in [0.05, 0.1) is 12.1 Å². The van der Waals surface area contributed by atoms with Gasteiger partial charge in [-0.3, -0.25) is 19.5 Å². The minimum Gasteiger partial charge on any atom is -0.489 e. The zero-order valence-electron chi connectivity index (χ0n) is 19.4. The van der Waals surface area contributed by atoms with E-state index >= 15 is 0 Å². The highest BCUT2D eigenvalue weighted by Crippen LogP contribution is 2.21. The molecule has 1 atom stereocenters. The van der Waals surface area contributed by atoms with Gasteiger partial charge in [0.25, 0.3) is 5.91 Å². The Balaban J connectivity index is 1.28. The maximum Gasteiger partial charge on any atom is 0.269 e. The summed E-state index contributed by atoms with van der Waals surface area (Å²) in [5.41, 5.74) is 3.26. The van der Waals surface area contributed by atoms with Crippen LogP contribution in [0.5, 0.6) is 5.75 Å². The third-order valence-electron chi connectivity index (χ3n) is 5.59. The van der Waals surface area contributed by atoms with Gasteiger partial charge in [-0.1, -0.05) is 17.7 Å². The van der Waals surface area contributed by atoms with Crippen molar-refractivity contribution in [1.29, 1.82) is 0 Å².